The lowest BCUT2D eigenvalue weighted by molar-refractivity contribution is 0.0557. The summed E-state index contributed by atoms with van der Waals surface area (Å²) in [5.41, 5.74) is 0. The van der Waals surface area contributed by atoms with Gasteiger partial charge in [0.05, 0.1) is 12.7 Å². The van der Waals surface area contributed by atoms with E-state index >= 15 is 0 Å². The summed E-state index contributed by atoms with van der Waals surface area (Å²) in [6.07, 6.45) is 2.90. The molecular weight excluding hydrogens is 178 g/mol. The van der Waals surface area contributed by atoms with Gasteiger partial charge < -0.3 is 15.2 Å². The Hall–Kier alpha value is -0.120. The van der Waals surface area contributed by atoms with E-state index in [2.05, 4.69) is 19.2 Å². The Labute approximate surface area is 86.8 Å². The third-order valence-corrected chi connectivity index (χ3v) is 2.63. The maximum atomic E-state index is 9.05. The van der Waals surface area contributed by atoms with Gasteiger partial charge in [-0.3, -0.25) is 0 Å². The van der Waals surface area contributed by atoms with Crippen LogP contribution in [0.1, 0.15) is 33.1 Å². The smallest absolute Gasteiger partial charge is 0.0591 e. The lowest BCUT2D eigenvalue weighted by Crippen LogP contribution is -2.45. The van der Waals surface area contributed by atoms with Gasteiger partial charge in [-0.1, -0.05) is 13.8 Å². The number of aliphatic hydroxyl groups excluding tert-OH is 1. The van der Waals surface area contributed by atoms with Gasteiger partial charge in [0.25, 0.3) is 0 Å². The third-order valence-electron chi connectivity index (χ3n) is 2.63. The van der Waals surface area contributed by atoms with Crippen LogP contribution in [-0.2, 0) is 4.74 Å². The Morgan fingerprint density at radius 1 is 1.36 bits per heavy atom. The Balaban J connectivity index is 1.76. The zero-order chi connectivity index (χ0) is 10.4. The lowest BCUT2D eigenvalue weighted by Gasteiger charge is -2.32. The van der Waals surface area contributed by atoms with E-state index in [0.717, 1.165) is 44.9 Å². The lowest BCUT2D eigenvalue weighted by atomic mass is 9.90. The van der Waals surface area contributed by atoms with Crippen LogP contribution in [0, 0.1) is 5.92 Å². The number of hydrogen-bond acceptors (Lipinski definition) is 3. The standard InChI is InChI=1S/C11H23NO2/c1-9(2)3-5-14-6-4-12-10-7-11(13)8-10/h9-13H,3-8H2,1-2H3. The average molecular weight is 201 g/mol. The highest BCUT2D eigenvalue weighted by Crippen LogP contribution is 2.18. The topological polar surface area (TPSA) is 41.5 Å². The molecule has 1 rings (SSSR count). The van der Waals surface area contributed by atoms with Gasteiger partial charge in [0.15, 0.2) is 0 Å². The van der Waals surface area contributed by atoms with Crippen molar-refractivity contribution in [2.45, 2.75) is 45.3 Å². The maximum absolute atomic E-state index is 9.05. The molecule has 3 heteroatoms. The first-order chi connectivity index (χ1) is 6.68. The van der Waals surface area contributed by atoms with E-state index < -0.39 is 0 Å². The van der Waals surface area contributed by atoms with Gasteiger partial charge in [0, 0.05) is 19.2 Å². The second-order valence-electron chi connectivity index (χ2n) is 4.57. The molecule has 0 aromatic heterocycles. The van der Waals surface area contributed by atoms with Crippen LogP contribution in [0.25, 0.3) is 0 Å². The molecule has 0 heterocycles. The first kappa shape index (κ1) is 12.0. The molecule has 0 aliphatic heterocycles. The molecule has 1 aliphatic rings. The Kier molecular flexibility index (Phi) is 5.45. The third kappa shape index (κ3) is 4.94. The fourth-order valence-corrected chi connectivity index (χ4v) is 1.51. The van der Waals surface area contributed by atoms with E-state index in [0.29, 0.717) is 6.04 Å². The molecule has 0 aromatic carbocycles. The van der Waals surface area contributed by atoms with Crippen LogP contribution in [-0.4, -0.2) is 37.0 Å². The van der Waals surface area contributed by atoms with Crippen LogP contribution >= 0.6 is 0 Å². The Morgan fingerprint density at radius 2 is 2.07 bits per heavy atom. The molecule has 0 saturated heterocycles. The number of nitrogens with one attached hydrogen (secondary N) is 1. The van der Waals surface area contributed by atoms with Crippen LogP contribution < -0.4 is 5.32 Å². The Bertz CT molecular complexity index is 144. The zero-order valence-corrected chi connectivity index (χ0v) is 9.33. The summed E-state index contributed by atoms with van der Waals surface area (Å²) >= 11 is 0. The number of ether oxygens (including phenoxy) is 1. The van der Waals surface area contributed by atoms with E-state index in [1.54, 1.807) is 0 Å². The molecule has 0 aromatic rings. The minimum Gasteiger partial charge on any atom is -0.393 e. The number of aliphatic hydroxyl groups is 1. The van der Waals surface area contributed by atoms with Crippen molar-refractivity contribution >= 4 is 0 Å². The molecule has 0 radical (unpaired) electrons. The molecule has 1 aliphatic carbocycles. The molecule has 0 spiro atoms. The molecule has 3 nitrogen and oxygen atoms in total. The van der Waals surface area contributed by atoms with Gasteiger partial charge in [0.1, 0.15) is 0 Å². The van der Waals surface area contributed by atoms with Crippen molar-refractivity contribution in [2.75, 3.05) is 19.8 Å². The average Bonchev–Trinajstić information content (AvgIpc) is 2.07. The molecule has 0 bridgehead atoms. The van der Waals surface area contributed by atoms with Gasteiger partial charge in [-0.2, -0.15) is 0 Å². The van der Waals surface area contributed by atoms with E-state index in [9.17, 15) is 0 Å². The van der Waals surface area contributed by atoms with Gasteiger partial charge >= 0.3 is 0 Å². The SMILES string of the molecule is CC(C)CCOCCNC1CC(O)C1. The van der Waals surface area contributed by atoms with Crippen molar-refractivity contribution in [3.8, 4) is 0 Å². The molecule has 14 heavy (non-hydrogen) atoms. The van der Waals surface area contributed by atoms with Crippen LogP contribution in [0.3, 0.4) is 0 Å². The van der Waals surface area contributed by atoms with Gasteiger partial charge in [-0.05, 0) is 25.2 Å². The molecule has 0 unspecified atom stereocenters. The molecule has 84 valence electrons. The van der Waals surface area contributed by atoms with Crippen LogP contribution in [0.15, 0.2) is 0 Å². The predicted molar refractivity (Wildman–Crippen MR) is 57.3 cm³/mol. The largest absolute Gasteiger partial charge is 0.393 e. The normalized spacial score (nSPS) is 26.6. The molecule has 1 fully saturated rings. The number of rotatable bonds is 7. The van der Waals surface area contributed by atoms with Crippen molar-refractivity contribution in [1.29, 1.82) is 0 Å². The first-order valence-electron chi connectivity index (χ1n) is 5.67. The van der Waals surface area contributed by atoms with Gasteiger partial charge in [0.2, 0.25) is 0 Å². The molecular formula is C11H23NO2. The van der Waals surface area contributed by atoms with Crippen molar-refractivity contribution < 1.29 is 9.84 Å². The highest BCUT2D eigenvalue weighted by Gasteiger charge is 2.25. The highest BCUT2D eigenvalue weighted by molar-refractivity contribution is 4.84. The van der Waals surface area contributed by atoms with E-state index in [1.807, 2.05) is 0 Å². The van der Waals surface area contributed by atoms with Crippen LogP contribution in [0.5, 0.6) is 0 Å². The predicted octanol–water partition coefficient (Wildman–Crippen LogP) is 1.16. The summed E-state index contributed by atoms with van der Waals surface area (Å²) in [5, 5.41) is 12.4. The Morgan fingerprint density at radius 3 is 2.64 bits per heavy atom. The molecule has 0 atom stereocenters. The van der Waals surface area contributed by atoms with Crippen molar-refractivity contribution in [1.82, 2.24) is 5.32 Å². The summed E-state index contributed by atoms with van der Waals surface area (Å²) in [4.78, 5) is 0. The highest BCUT2D eigenvalue weighted by atomic mass is 16.5. The van der Waals surface area contributed by atoms with E-state index in [-0.39, 0.29) is 6.10 Å². The molecule has 0 amide bonds. The first-order valence-corrected chi connectivity index (χ1v) is 5.67. The molecule has 2 N–H and O–H groups in total. The monoisotopic (exact) mass is 201 g/mol. The van der Waals surface area contributed by atoms with Crippen molar-refractivity contribution in [2.24, 2.45) is 5.92 Å². The maximum Gasteiger partial charge on any atom is 0.0591 e. The molecule has 1 saturated carbocycles. The minimum atomic E-state index is -0.0608. The summed E-state index contributed by atoms with van der Waals surface area (Å²) in [6, 6.07) is 0.527. The minimum absolute atomic E-state index is 0.0608. The van der Waals surface area contributed by atoms with Crippen molar-refractivity contribution in [3.05, 3.63) is 0 Å². The summed E-state index contributed by atoms with van der Waals surface area (Å²) in [5.74, 6) is 0.727. The van der Waals surface area contributed by atoms with E-state index in [4.69, 9.17) is 9.84 Å². The van der Waals surface area contributed by atoms with Crippen LogP contribution in [0.2, 0.25) is 0 Å². The van der Waals surface area contributed by atoms with Gasteiger partial charge in [-0.25, -0.2) is 0 Å². The van der Waals surface area contributed by atoms with Gasteiger partial charge in [-0.15, -0.1) is 0 Å². The zero-order valence-electron chi connectivity index (χ0n) is 9.33. The van der Waals surface area contributed by atoms with Crippen molar-refractivity contribution in [3.63, 3.8) is 0 Å². The van der Waals surface area contributed by atoms with Crippen LogP contribution in [0.4, 0.5) is 0 Å². The second-order valence-corrected chi connectivity index (χ2v) is 4.57. The summed E-state index contributed by atoms with van der Waals surface area (Å²) in [6.45, 7) is 6.98. The quantitative estimate of drug-likeness (QED) is 0.607. The summed E-state index contributed by atoms with van der Waals surface area (Å²) < 4.78 is 5.47. The summed E-state index contributed by atoms with van der Waals surface area (Å²) in [7, 11) is 0. The fraction of sp³-hybridized carbons (Fsp3) is 1.00. The van der Waals surface area contributed by atoms with E-state index in [1.165, 1.54) is 0 Å². The second kappa shape index (κ2) is 6.38. The fourth-order valence-electron chi connectivity index (χ4n) is 1.51. The number of hydrogen-bond donors (Lipinski definition) is 2.